The molecule has 0 aliphatic heterocycles. The maximum Gasteiger partial charge on any atom is 0.0900 e. The van der Waals surface area contributed by atoms with E-state index in [1.807, 2.05) is 13.8 Å². The van der Waals surface area contributed by atoms with Gasteiger partial charge in [-0.15, -0.1) is 11.3 Å². The molecule has 1 heterocycles. The third-order valence-electron chi connectivity index (χ3n) is 1.85. The summed E-state index contributed by atoms with van der Waals surface area (Å²) in [6.45, 7) is 5.69. The standard InChI is InChI=1S/C9H16N2OS2/c1-7-9(13-8(2)11-7)6-10-4-5-14(3)12/h10H,4-6H2,1-3H3. The molecule has 1 atom stereocenters. The van der Waals surface area contributed by atoms with Gasteiger partial charge in [-0.2, -0.15) is 0 Å². The van der Waals surface area contributed by atoms with Gasteiger partial charge in [0.25, 0.3) is 0 Å². The van der Waals surface area contributed by atoms with Crippen LogP contribution in [0.3, 0.4) is 0 Å². The second kappa shape index (κ2) is 5.58. The summed E-state index contributed by atoms with van der Waals surface area (Å²) in [7, 11) is -0.698. The second-order valence-electron chi connectivity index (χ2n) is 3.20. The summed E-state index contributed by atoms with van der Waals surface area (Å²) in [6.07, 6.45) is 1.73. The van der Waals surface area contributed by atoms with E-state index in [-0.39, 0.29) is 0 Å². The molecule has 0 amide bonds. The van der Waals surface area contributed by atoms with Crippen molar-refractivity contribution in [3.8, 4) is 0 Å². The molecule has 14 heavy (non-hydrogen) atoms. The third-order valence-corrected chi connectivity index (χ3v) is 3.70. The van der Waals surface area contributed by atoms with Crippen molar-refractivity contribution < 1.29 is 4.21 Å². The normalized spacial score (nSPS) is 13.1. The number of aromatic nitrogens is 1. The van der Waals surface area contributed by atoms with E-state index in [0.29, 0.717) is 0 Å². The number of aryl methyl sites for hydroxylation is 2. The molecule has 0 aromatic carbocycles. The number of rotatable bonds is 5. The van der Waals surface area contributed by atoms with Gasteiger partial charge in [-0.1, -0.05) is 0 Å². The van der Waals surface area contributed by atoms with Crippen molar-refractivity contribution in [2.75, 3.05) is 18.6 Å². The van der Waals surface area contributed by atoms with E-state index in [1.165, 1.54) is 4.88 Å². The Kier molecular flexibility index (Phi) is 4.71. The molecule has 0 aliphatic rings. The van der Waals surface area contributed by atoms with E-state index in [0.717, 1.165) is 29.5 Å². The number of hydrogen-bond donors (Lipinski definition) is 1. The van der Waals surface area contributed by atoms with Crippen molar-refractivity contribution in [3.05, 3.63) is 15.6 Å². The molecule has 80 valence electrons. The highest BCUT2D eigenvalue weighted by atomic mass is 32.2. The van der Waals surface area contributed by atoms with Crippen LogP contribution in [0, 0.1) is 13.8 Å². The van der Waals surface area contributed by atoms with Crippen LogP contribution in [-0.2, 0) is 17.3 Å². The molecule has 1 aromatic rings. The molecule has 1 rings (SSSR count). The molecule has 0 fully saturated rings. The quantitative estimate of drug-likeness (QED) is 0.776. The predicted octanol–water partition coefficient (Wildman–Crippen LogP) is 1.23. The Labute approximate surface area is 91.4 Å². The Balaban J connectivity index is 2.31. The van der Waals surface area contributed by atoms with Crippen LogP contribution in [0.4, 0.5) is 0 Å². The zero-order valence-corrected chi connectivity index (χ0v) is 10.4. The van der Waals surface area contributed by atoms with Gasteiger partial charge in [0, 0.05) is 40.8 Å². The molecule has 5 heteroatoms. The third kappa shape index (κ3) is 3.86. The Morgan fingerprint density at radius 1 is 1.50 bits per heavy atom. The van der Waals surface area contributed by atoms with Gasteiger partial charge in [-0.05, 0) is 13.8 Å². The molecule has 1 unspecified atom stereocenters. The first-order valence-electron chi connectivity index (χ1n) is 4.53. The summed E-state index contributed by atoms with van der Waals surface area (Å²) >= 11 is 1.72. The van der Waals surface area contributed by atoms with E-state index < -0.39 is 10.8 Å². The molecule has 0 bridgehead atoms. The lowest BCUT2D eigenvalue weighted by atomic mass is 10.4. The first kappa shape index (κ1) is 11.8. The SMILES string of the molecule is Cc1nc(C)c(CNCCS(C)=O)s1. The van der Waals surface area contributed by atoms with E-state index >= 15 is 0 Å². The minimum atomic E-state index is -0.698. The minimum absolute atomic E-state index is 0.698. The van der Waals surface area contributed by atoms with Gasteiger partial charge >= 0.3 is 0 Å². The summed E-state index contributed by atoms with van der Waals surface area (Å²) in [4.78, 5) is 5.63. The number of nitrogens with zero attached hydrogens (tertiary/aromatic N) is 1. The topological polar surface area (TPSA) is 42.0 Å². The number of thiazole rings is 1. The van der Waals surface area contributed by atoms with E-state index in [2.05, 4.69) is 10.3 Å². The monoisotopic (exact) mass is 232 g/mol. The van der Waals surface area contributed by atoms with Crippen LogP contribution < -0.4 is 5.32 Å². The van der Waals surface area contributed by atoms with Gasteiger partial charge in [0.2, 0.25) is 0 Å². The van der Waals surface area contributed by atoms with Crippen molar-refractivity contribution in [1.29, 1.82) is 0 Å². The smallest absolute Gasteiger partial charge is 0.0900 e. The Bertz CT molecular complexity index is 323. The molecule has 1 N–H and O–H groups in total. The highest BCUT2D eigenvalue weighted by Crippen LogP contribution is 2.16. The minimum Gasteiger partial charge on any atom is -0.311 e. The summed E-state index contributed by atoms with van der Waals surface area (Å²) in [5.41, 5.74) is 1.11. The average molecular weight is 232 g/mol. The lowest BCUT2D eigenvalue weighted by Crippen LogP contribution is -2.19. The molecule has 3 nitrogen and oxygen atoms in total. The molecule has 0 spiro atoms. The first-order valence-corrected chi connectivity index (χ1v) is 7.07. The van der Waals surface area contributed by atoms with Gasteiger partial charge in [-0.25, -0.2) is 4.98 Å². The van der Waals surface area contributed by atoms with Gasteiger partial charge in [0.05, 0.1) is 10.7 Å². The number of nitrogens with one attached hydrogen (secondary N) is 1. The van der Waals surface area contributed by atoms with Gasteiger partial charge in [0.15, 0.2) is 0 Å². The van der Waals surface area contributed by atoms with Gasteiger partial charge < -0.3 is 5.32 Å². The van der Waals surface area contributed by atoms with Crippen molar-refractivity contribution in [2.24, 2.45) is 0 Å². The highest BCUT2D eigenvalue weighted by Gasteiger charge is 2.03. The molecule has 0 saturated heterocycles. The van der Waals surface area contributed by atoms with E-state index in [4.69, 9.17) is 0 Å². The highest BCUT2D eigenvalue weighted by molar-refractivity contribution is 7.84. The van der Waals surface area contributed by atoms with Crippen LogP contribution in [0.2, 0.25) is 0 Å². The summed E-state index contributed by atoms with van der Waals surface area (Å²) in [5.74, 6) is 0.719. The van der Waals surface area contributed by atoms with Gasteiger partial charge in [-0.3, -0.25) is 4.21 Å². The fourth-order valence-corrected chi connectivity index (χ4v) is 2.49. The maximum atomic E-state index is 10.8. The van der Waals surface area contributed by atoms with Crippen LogP contribution in [0.15, 0.2) is 0 Å². The lowest BCUT2D eigenvalue weighted by molar-refractivity contribution is 0.677. The Morgan fingerprint density at radius 3 is 2.71 bits per heavy atom. The number of hydrogen-bond acceptors (Lipinski definition) is 4. The van der Waals surface area contributed by atoms with Crippen LogP contribution >= 0.6 is 11.3 Å². The largest absolute Gasteiger partial charge is 0.311 e. The maximum absolute atomic E-state index is 10.8. The average Bonchev–Trinajstić information content (AvgIpc) is 2.39. The molecule has 1 aromatic heterocycles. The molecular formula is C9H16N2OS2. The summed E-state index contributed by atoms with van der Waals surface area (Å²) in [5, 5.41) is 4.37. The molecule has 0 aliphatic carbocycles. The fraction of sp³-hybridized carbons (Fsp3) is 0.667. The van der Waals surface area contributed by atoms with Crippen molar-refractivity contribution in [2.45, 2.75) is 20.4 Å². The molecule has 0 saturated carbocycles. The van der Waals surface area contributed by atoms with Crippen molar-refractivity contribution in [1.82, 2.24) is 10.3 Å². The van der Waals surface area contributed by atoms with Crippen LogP contribution in [-0.4, -0.2) is 27.7 Å². The zero-order valence-electron chi connectivity index (χ0n) is 8.79. The first-order chi connectivity index (χ1) is 6.59. The van der Waals surface area contributed by atoms with E-state index in [9.17, 15) is 4.21 Å². The predicted molar refractivity (Wildman–Crippen MR) is 62.2 cm³/mol. The van der Waals surface area contributed by atoms with Crippen LogP contribution in [0.25, 0.3) is 0 Å². The zero-order chi connectivity index (χ0) is 10.6. The van der Waals surface area contributed by atoms with Crippen LogP contribution in [0.5, 0.6) is 0 Å². The summed E-state index contributed by atoms with van der Waals surface area (Å²) in [6, 6.07) is 0. The Morgan fingerprint density at radius 2 is 2.21 bits per heavy atom. The fourth-order valence-electron chi connectivity index (χ4n) is 1.16. The van der Waals surface area contributed by atoms with Crippen molar-refractivity contribution in [3.63, 3.8) is 0 Å². The second-order valence-corrected chi connectivity index (χ2v) is 6.04. The lowest BCUT2D eigenvalue weighted by Gasteiger charge is -2.01. The van der Waals surface area contributed by atoms with Crippen molar-refractivity contribution >= 4 is 22.1 Å². The van der Waals surface area contributed by atoms with Crippen LogP contribution in [0.1, 0.15) is 15.6 Å². The molecular weight excluding hydrogens is 216 g/mol. The molecule has 0 radical (unpaired) electrons. The summed E-state index contributed by atoms with van der Waals surface area (Å²) < 4.78 is 10.8. The van der Waals surface area contributed by atoms with Gasteiger partial charge in [0.1, 0.15) is 0 Å². The van der Waals surface area contributed by atoms with E-state index in [1.54, 1.807) is 17.6 Å². The Hall–Kier alpha value is -0.260.